The molecule has 108 valence electrons. The second-order valence-corrected chi connectivity index (χ2v) is 4.67. The van der Waals surface area contributed by atoms with E-state index in [0.717, 1.165) is 12.8 Å². The van der Waals surface area contributed by atoms with Gasteiger partial charge < -0.3 is 29.1 Å². The number of halogens is 1. The van der Waals surface area contributed by atoms with E-state index >= 15 is 0 Å². The Balaban J connectivity index is 0.00000220. The average molecular weight is 322 g/mol. The van der Waals surface area contributed by atoms with Crippen LogP contribution in [0.2, 0.25) is 5.02 Å². The third kappa shape index (κ3) is 4.20. The van der Waals surface area contributed by atoms with Crippen LogP contribution in [0.3, 0.4) is 0 Å². The minimum absolute atomic E-state index is 0. The van der Waals surface area contributed by atoms with Gasteiger partial charge in [0.2, 0.25) is 0 Å². The van der Waals surface area contributed by atoms with Crippen molar-refractivity contribution in [3.63, 3.8) is 0 Å². The summed E-state index contributed by atoms with van der Waals surface area (Å²) in [4.78, 5) is 11.3. The van der Waals surface area contributed by atoms with Gasteiger partial charge in [0, 0.05) is 6.07 Å². The molecule has 0 amide bonds. The normalized spacial score (nSPS) is 12.6. The molecule has 0 saturated heterocycles. The Labute approximate surface area is 149 Å². The predicted octanol–water partition coefficient (Wildman–Crippen LogP) is -2.32. The van der Waals surface area contributed by atoms with E-state index in [2.05, 4.69) is 0 Å². The van der Waals surface area contributed by atoms with Crippen molar-refractivity contribution in [2.24, 2.45) is 0 Å². The number of carbonyl (C=O) groups is 1. The van der Waals surface area contributed by atoms with Crippen LogP contribution in [0.1, 0.15) is 30.1 Å². The maximum Gasteiger partial charge on any atom is 1.00 e. The molecule has 1 aliphatic heterocycles. The number of fused-ring (bicyclic) bond motifs is 1. The van der Waals surface area contributed by atoms with Gasteiger partial charge in [-0.1, -0.05) is 24.9 Å². The van der Waals surface area contributed by atoms with E-state index in [4.69, 9.17) is 25.7 Å². The third-order valence-corrected chi connectivity index (χ3v) is 3.02. The van der Waals surface area contributed by atoms with Gasteiger partial charge in [0.25, 0.3) is 0 Å². The van der Waals surface area contributed by atoms with Crippen molar-refractivity contribution in [2.45, 2.75) is 19.8 Å². The molecule has 1 aromatic rings. The van der Waals surface area contributed by atoms with Gasteiger partial charge in [-0.05, 0) is 6.42 Å². The fourth-order valence-electron chi connectivity index (χ4n) is 1.79. The van der Waals surface area contributed by atoms with Gasteiger partial charge in [-0.3, -0.25) is 0 Å². The molecule has 0 bridgehead atoms. The van der Waals surface area contributed by atoms with E-state index in [0.29, 0.717) is 6.61 Å². The van der Waals surface area contributed by atoms with Gasteiger partial charge in [0.1, 0.15) is 12.3 Å². The summed E-state index contributed by atoms with van der Waals surface area (Å²) in [5.41, 5.74) is -0.306. The first-order valence-corrected chi connectivity index (χ1v) is 6.60. The fraction of sp³-hybridized carbons (Fsp3) is 0.417. The molecule has 9 heteroatoms. The van der Waals surface area contributed by atoms with Gasteiger partial charge in [-0.2, -0.15) is 0 Å². The van der Waals surface area contributed by atoms with Crippen LogP contribution in [0.25, 0.3) is 0 Å². The van der Waals surface area contributed by atoms with Crippen LogP contribution < -0.4 is 48.8 Å². The van der Waals surface area contributed by atoms with Crippen LogP contribution in [-0.4, -0.2) is 31.2 Å². The summed E-state index contributed by atoms with van der Waals surface area (Å²) in [6, 6.07) is 1.35. The van der Waals surface area contributed by atoms with Crippen LogP contribution in [0.5, 0.6) is 17.2 Å². The minimum Gasteiger partial charge on any atom is -0.545 e. The molecule has 0 aromatic heterocycles. The largest absolute Gasteiger partial charge is 1.00 e. The summed E-state index contributed by atoms with van der Waals surface area (Å²) in [6.45, 7) is 2.20. The van der Waals surface area contributed by atoms with Gasteiger partial charge in [0.15, 0.2) is 11.5 Å². The molecule has 0 fully saturated rings. The number of rotatable bonds is 5. The van der Waals surface area contributed by atoms with Gasteiger partial charge >= 0.3 is 36.7 Å². The van der Waals surface area contributed by atoms with Crippen molar-refractivity contribution in [1.82, 2.24) is 0 Å². The molecular formula is C12H13BClNaO6. The molecule has 2 rings (SSSR count). The molecule has 0 spiro atoms. The van der Waals surface area contributed by atoms with Crippen LogP contribution in [0, 0.1) is 0 Å². The molecule has 0 unspecified atom stereocenters. The fourth-order valence-corrected chi connectivity index (χ4v) is 2.03. The Morgan fingerprint density at radius 2 is 2.29 bits per heavy atom. The molecule has 6 nitrogen and oxygen atoms in total. The second kappa shape index (κ2) is 8.15. The first-order chi connectivity index (χ1) is 9.54. The molecule has 21 heavy (non-hydrogen) atoms. The monoisotopic (exact) mass is 322 g/mol. The van der Waals surface area contributed by atoms with Crippen molar-refractivity contribution in [3.8, 4) is 17.2 Å². The van der Waals surface area contributed by atoms with Crippen LogP contribution in [0.15, 0.2) is 6.07 Å². The third-order valence-electron chi connectivity index (χ3n) is 2.74. The molecule has 1 heterocycles. The second-order valence-electron chi connectivity index (χ2n) is 4.26. The maximum absolute atomic E-state index is 11.3. The predicted molar refractivity (Wildman–Crippen MR) is 70.3 cm³/mol. The first kappa shape index (κ1) is 18.5. The minimum atomic E-state index is -1.48. The number of hydrogen-bond acceptors (Lipinski definition) is 6. The number of ether oxygens (including phenoxy) is 2. The van der Waals surface area contributed by atoms with Crippen molar-refractivity contribution < 1.29 is 58.6 Å². The van der Waals surface area contributed by atoms with Crippen molar-refractivity contribution in [1.29, 1.82) is 0 Å². The summed E-state index contributed by atoms with van der Waals surface area (Å²) in [6.07, 6.45) is 1.67. The van der Waals surface area contributed by atoms with Crippen LogP contribution in [0.4, 0.5) is 0 Å². The van der Waals surface area contributed by atoms with Crippen molar-refractivity contribution in [2.75, 3.05) is 13.1 Å². The summed E-state index contributed by atoms with van der Waals surface area (Å²) in [7, 11) is -1.26. The van der Waals surface area contributed by atoms with Crippen molar-refractivity contribution >= 4 is 24.7 Å². The molecular weight excluding hydrogens is 309 g/mol. The zero-order chi connectivity index (χ0) is 14.7. The van der Waals surface area contributed by atoms with Crippen molar-refractivity contribution in [3.05, 3.63) is 16.7 Å². The Kier molecular flexibility index (Phi) is 7.16. The number of carboxylic acids is 1. The molecule has 1 aliphatic rings. The summed E-state index contributed by atoms with van der Waals surface area (Å²) in [5.74, 6) is -1.54. The molecule has 0 aliphatic carbocycles. The Morgan fingerprint density at radius 1 is 1.57 bits per heavy atom. The zero-order valence-corrected chi connectivity index (χ0v) is 14.6. The van der Waals surface area contributed by atoms with E-state index in [1.807, 2.05) is 6.92 Å². The average Bonchev–Trinajstić information content (AvgIpc) is 2.38. The standard InChI is InChI=1S/C12H14BClO6.Na/c1-2-3-4-18-8-5-7(14)10-11(9(8)12(15)16)20-13(17)6-19-10;/h5,17H,2-4,6H2,1H3,(H,15,16);/q;+1/p-1. The van der Waals surface area contributed by atoms with E-state index in [1.54, 1.807) is 0 Å². The zero-order valence-electron chi connectivity index (χ0n) is 11.8. The number of hydrogen-bond donors (Lipinski definition) is 1. The van der Waals surface area contributed by atoms with E-state index in [9.17, 15) is 14.9 Å². The van der Waals surface area contributed by atoms with Gasteiger partial charge in [-0.15, -0.1) is 0 Å². The number of unbranched alkanes of at least 4 members (excludes halogenated alkanes) is 1. The number of carbonyl (C=O) groups excluding carboxylic acids is 1. The molecule has 0 saturated carbocycles. The number of aromatic carboxylic acids is 1. The smallest absolute Gasteiger partial charge is 0.545 e. The Morgan fingerprint density at radius 3 is 2.90 bits per heavy atom. The quantitative estimate of drug-likeness (QED) is 0.484. The Bertz CT molecular complexity index is 527. The molecule has 0 atom stereocenters. The van der Waals surface area contributed by atoms with E-state index in [-0.39, 0.29) is 63.9 Å². The van der Waals surface area contributed by atoms with E-state index in [1.165, 1.54) is 6.07 Å². The molecule has 0 radical (unpaired) electrons. The summed E-state index contributed by atoms with van der Waals surface area (Å²) in [5, 5.41) is 20.9. The summed E-state index contributed by atoms with van der Waals surface area (Å²) < 4.78 is 15.7. The van der Waals surface area contributed by atoms with Gasteiger partial charge in [-0.25, -0.2) is 0 Å². The first-order valence-electron chi connectivity index (χ1n) is 6.22. The summed E-state index contributed by atoms with van der Waals surface area (Å²) >= 11 is 6.00. The van der Waals surface area contributed by atoms with E-state index < -0.39 is 13.1 Å². The SMILES string of the molecule is CCCCOc1cc(Cl)c2c(c1C(=O)[O-])OB(O)CO2.[Na+]. The maximum atomic E-state index is 11.3. The van der Waals surface area contributed by atoms with Crippen LogP contribution in [-0.2, 0) is 0 Å². The Hall–Kier alpha value is -0.595. The van der Waals surface area contributed by atoms with Crippen LogP contribution >= 0.6 is 11.6 Å². The number of benzene rings is 1. The van der Waals surface area contributed by atoms with Gasteiger partial charge in [0.05, 0.1) is 23.2 Å². The molecule has 1 N–H and O–H groups in total. The number of carboxylic acid groups (broad SMARTS) is 1. The molecule has 1 aromatic carbocycles. The topological polar surface area (TPSA) is 88.1 Å².